The van der Waals surface area contributed by atoms with Crippen molar-refractivity contribution in [3.63, 3.8) is 0 Å². The minimum Gasteiger partial charge on any atom is -0.411 e. The van der Waals surface area contributed by atoms with E-state index in [0.29, 0.717) is 48.5 Å². The SMILES string of the molecule is CC(C)CN(CC(C)C)C(=S)[S-].CC(C)CN(CC(C)C)C(=S)[S-].CC(C)CN(CC(C)C)C(=S)[S-].[Ni+3]. The van der Waals surface area contributed by atoms with E-state index in [-0.39, 0.29) is 16.5 Å². The third kappa shape index (κ3) is 32.9. The molecule has 0 atom stereocenters. The van der Waals surface area contributed by atoms with E-state index in [9.17, 15) is 0 Å². The molecule has 3 nitrogen and oxygen atoms in total. The van der Waals surface area contributed by atoms with Crippen LogP contribution in [0.1, 0.15) is 83.1 Å². The molecule has 0 fully saturated rings. The fourth-order valence-corrected chi connectivity index (χ4v) is 4.21. The molecule has 0 saturated carbocycles. The van der Waals surface area contributed by atoms with Gasteiger partial charge >= 0.3 is 16.5 Å². The van der Waals surface area contributed by atoms with E-state index in [1.54, 1.807) is 0 Å². The zero-order chi connectivity index (χ0) is 29.2. The van der Waals surface area contributed by atoms with Crippen molar-refractivity contribution in [3.8, 4) is 0 Å². The van der Waals surface area contributed by atoms with Gasteiger partial charge in [0.2, 0.25) is 0 Å². The smallest absolute Gasteiger partial charge is 0.411 e. The summed E-state index contributed by atoms with van der Waals surface area (Å²) in [5.74, 6) is 3.78. The third-order valence-corrected chi connectivity index (χ3v) is 5.84. The zero-order valence-corrected chi connectivity index (χ0v) is 31.2. The molecule has 0 aromatic rings. The number of nitrogens with zero attached hydrogens (tertiary/aromatic N) is 3. The second kappa shape index (κ2) is 25.8. The third-order valence-electron chi connectivity index (χ3n) is 4.29. The Hall–Kier alpha value is 0.824. The van der Waals surface area contributed by atoms with Crippen molar-refractivity contribution in [2.75, 3.05) is 39.3 Å². The first-order chi connectivity index (χ1) is 16.3. The molecule has 0 aliphatic heterocycles. The van der Waals surface area contributed by atoms with Gasteiger partial charge in [-0.05, 0) is 35.5 Å². The van der Waals surface area contributed by atoms with Gasteiger partial charge in [0.1, 0.15) is 0 Å². The molecule has 0 saturated heterocycles. The Balaban J connectivity index is -0.000000218. The van der Waals surface area contributed by atoms with Gasteiger partial charge in [-0.3, -0.25) is 0 Å². The molecule has 0 unspecified atom stereocenters. The van der Waals surface area contributed by atoms with Crippen molar-refractivity contribution in [2.45, 2.75) is 83.1 Å². The molecular formula is C27H54N3NiS6. The van der Waals surface area contributed by atoms with Crippen LogP contribution in [0.2, 0.25) is 0 Å². The van der Waals surface area contributed by atoms with E-state index in [2.05, 4.69) is 97.8 Å². The largest absolute Gasteiger partial charge is 3.00 e. The maximum Gasteiger partial charge on any atom is 3.00 e. The van der Waals surface area contributed by atoms with E-state index < -0.39 is 0 Å². The molecule has 0 bridgehead atoms. The van der Waals surface area contributed by atoms with Crippen molar-refractivity contribution in [3.05, 3.63) is 0 Å². The zero-order valence-electron chi connectivity index (χ0n) is 25.3. The summed E-state index contributed by atoms with van der Waals surface area (Å²) in [6, 6.07) is 0. The van der Waals surface area contributed by atoms with Gasteiger partial charge in [-0.2, -0.15) is 0 Å². The van der Waals surface area contributed by atoms with Crippen LogP contribution < -0.4 is 0 Å². The molecule has 0 rings (SSSR count). The first kappa shape index (κ1) is 44.8. The van der Waals surface area contributed by atoms with Gasteiger partial charge in [0.15, 0.2) is 0 Å². The Labute approximate surface area is 274 Å². The number of rotatable bonds is 12. The molecule has 0 aliphatic rings. The monoisotopic (exact) mass is 670 g/mol. The van der Waals surface area contributed by atoms with Crippen molar-refractivity contribution in [1.29, 1.82) is 0 Å². The minimum absolute atomic E-state index is 0. The number of hydrogen-bond acceptors (Lipinski definition) is 6. The molecular weight excluding hydrogens is 617 g/mol. The van der Waals surface area contributed by atoms with E-state index in [1.165, 1.54) is 0 Å². The molecule has 10 heteroatoms. The van der Waals surface area contributed by atoms with Crippen LogP contribution in [0, 0.1) is 35.5 Å². The Morgan fingerprint density at radius 3 is 0.568 bits per heavy atom. The van der Waals surface area contributed by atoms with Crippen LogP contribution >= 0.6 is 36.7 Å². The number of hydrogen-bond donors (Lipinski definition) is 0. The summed E-state index contributed by atoms with van der Waals surface area (Å²) in [4.78, 5) is 6.33. The van der Waals surface area contributed by atoms with Crippen LogP contribution in [0.4, 0.5) is 0 Å². The Morgan fingerprint density at radius 1 is 0.405 bits per heavy atom. The average molecular weight is 672 g/mol. The molecule has 0 N–H and O–H groups in total. The molecule has 37 heavy (non-hydrogen) atoms. The molecule has 0 amide bonds. The minimum atomic E-state index is 0. The average Bonchev–Trinajstić information content (AvgIpc) is 2.65. The summed E-state index contributed by atoms with van der Waals surface area (Å²) in [5.41, 5.74) is 0. The van der Waals surface area contributed by atoms with Crippen LogP contribution in [0.3, 0.4) is 0 Å². The van der Waals surface area contributed by atoms with Crippen LogP contribution in [0.5, 0.6) is 0 Å². The van der Waals surface area contributed by atoms with E-state index >= 15 is 0 Å². The van der Waals surface area contributed by atoms with E-state index in [0.717, 1.165) is 39.3 Å². The summed E-state index contributed by atoms with van der Waals surface area (Å²) in [7, 11) is 0. The summed E-state index contributed by atoms with van der Waals surface area (Å²) in [6.07, 6.45) is 0. The van der Waals surface area contributed by atoms with Gasteiger partial charge in [0.05, 0.1) is 0 Å². The Kier molecular flexibility index (Phi) is 31.2. The predicted octanol–water partition coefficient (Wildman–Crippen LogP) is 7.29. The van der Waals surface area contributed by atoms with Gasteiger partial charge in [0, 0.05) is 39.3 Å². The molecule has 0 spiro atoms. The number of thiocarbonyl (C=S) groups is 3. The Bertz CT molecular complexity index is 488. The predicted molar refractivity (Wildman–Crippen MR) is 184 cm³/mol. The van der Waals surface area contributed by atoms with Crippen LogP contribution in [-0.4, -0.2) is 66.9 Å². The summed E-state index contributed by atoms with van der Waals surface area (Å²) in [6.45, 7) is 32.1. The quantitative estimate of drug-likeness (QED) is 0.119. The maximum absolute atomic E-state index is 4.99. The molecule has 0 heterocycles. The van der Waals surface area contributed by atoms with E-state index in [1.807, 2.05) is 0 Å². The molecule has 0 aromatic heterocycles. The van der Waals surface area contributed by atoms with E-state index in [4.69, 9.17) is 74.5 Å². The topological polar surface area (TPSA) is 9.72 Å². The summed E-state index contributed by atoms with van der Waals surface area (Å²) >= 11 is 30.0. The van der Waals surface area contributed by atoms with Crippen molar-refractivity contribution in [1.82, 2.24) is 14.7 Å². The molecule has 0 aliphatic carbocycles. The fourth-order valence-electron chi connectivity index (χ4n) is 3.32. The first-order valence-corrected chi connectivity index (χ1v) is 15.6. The van der Waals surface area contributed by atoms with Crippen molar-refractivity contribution >= 4 is 87.5 Å². The van der Waals surface area contributed by atoms with Gasteiger partial charge in [-0.25, -0.2) is 0 Å². The van der Waals surface area contributed by atoms with Crippen molar-refractivity contribution in [2.24, 2.45) is 35.5 Å². The van der Waals surface area contributed by atoms with Gasteiger partial charge in [0.25, 0.3) is 0 Å². The van der Waals surface area contributed by atoms with Gasteiger partial charge in [-0.15, -0.1) is 0 Å². The normalized spacial score (nSPS) is 10.5. The summed E-state index contributed by atoms with van der Waals surface area (Å²) < 4.78 is 1.83. The Morgan fingerprint density at radius 2 is 0.514 bits per heavy atom. The van der Waals surface area contributed by atoms with Crippen molar-refractivity contribution < 1.29 is 16.5 Å². The second-order valence-electron chi connectivity index (χ2n) is 11.9. The summed E-state index contributed by atoms with van der Waals surface area (Å²) in [5, 5.41) is 0. The van der Waals surface area contributed by atoms with Crippen LogP contribution in [-0.2, 0) is 54.4 Å². The maximum atomic E-state index is 4.99. The van der Waals surface area contributed by atoms with Gasteiger partial charge in [-0.1, -0.05) is 96.0 Å². The molecule has 223 valence electrons. The first-order valence-electron chi connectivity index (χ1n) is 13.2. The fraction of sp³-hybridized carbons (Fsp3) is 0.889. The molecule has 1 radical (unpaired) electrons. The van der Waals surface area contributed by atoms with Gasteiger partial charge < -0.3 is 89.2 Å². The van der Waals surface area contributed by atoms with Crippen LogP contribution in [0.25, 0.3) is 0 Å². The standard InChI is InChI=1S/3C9H19NS2.Ni/c3*1-7(2)5-10(9(11)12)6-8(3)4;/h3*7-8H,5-6H2,1-4H3,(H,11,12);/q;;;+3/p-3. The van der Waals surface area contributed by atoms with Crippen LogP contribution in [0.15, 0.2) is 0 Å². The second-order valence-corrected chi connectivity index (χ2v) is 15.0. The molecule has 0 aromatic carbocycles.